The van der Waals surface area contributed by atoms with E-state index >= 15 is 0 Å². The largest absolute Gasteiger partial charge is 0.452 e. The van der Waals surface area contributed by atoms with Crippen molar-refractivity contribution >= 4 is 23.5 Å². The molecule has 0 unspecified atom stereocenters. The van der Waals surface area contributed by atoms with E-state index in [2.05, 4.69) is 10.3 Å². The normalized spacial score (nSPS) is 15.7. The highest BCUT2D eigenvalue weighted by atomic mass is 35.5. The van der Waals surface area contributed by atoms with E-state index in [9.17, 15) is 9.59 Å². The topological polar surface area (TPSA) is 68.3 Å². The Kier molecular flexibility index (Phi) is 4.37. The van der Waals surface area contributed by atoms with Gasteiger partial charge in [-0.15, -0.1) is 0 Å². The van der Waals surface area contributed by atoms with Gasteiger partial charge in [-0.3, -0.25) is 4.79 Å². The van der Waals surface area contributed by atoms with Crippen molar-refractivity contribution in [1.82, 2.24) is 10.3 Å². The molecule has 5 nitrogen and oxygen atoms in total. The maximum atomic E-state index is 11.6. The predicted octanol–water partition coefficient (Wildman–Crippen LogP) is 1.81. The average molecular weight is 283 g/mol. The number of amides is 1. The molecule has 2 rings (SSSR count). The fourth-order valence-electron chi connectivity index (χ4n) is 1.72. The number of hydrogen-bond donors (Lipinski definition) is 1. The van der Waals surface area contributed by atoms with Gasteiger partial charge in [-0.25, -0.2) is 9.78 Å². The summed E-state index contributed by atoms with van der Waals surface area (Å²) in [5.74, 6) is -0.298. The first kappa shape index (κ1) is 13.8. The minimum atomic E-state index is -0.585. The van der Waals surface area contributed by atoms with E-state index in [0.717, 1.165) is 12.8 Å². The van der Waals surface area contributed by atoms with Crippen LogP contribution in [0.3, 0.4) is 0 Å². The van der Waals surface area contributed by atoms with Crippen molar-refractivity contribution in [2.24, 2.45) is 5.92 Å². The molecule has 1 heterocycles. The molecular weight excluding hydrogens is 268 g/mol. The third-order valence-electron chi connectivity index (χ3n) is 3.02. The number of hydrogen-bond acceptors (Lipinski definition) is 4. The van der Waals surface area contributed by atoms with Crippen LogP contribution in [0.2, 0.25) is 5.15 Å². The molecule has 0 bridgehead atoms. The molecule has 1 amide bonds. The Labute approximate surface area is 116 Å². The maximum absolute atomic E-state index is 11.6. The van der Waals surface area contributed by atoms with Gasteiger partial charge in [-0.1, -0.05) is 11.6 Å². The molecule has 0 spiro atoms. The summed E-state index contributed by atoms with van der Waals surface area (Å²) in [5.41, 5.74) is 0.271. The second-order valence-electron chi connectivity index (χ2n) is 4.64. The number of aromatic nitrogens is 1. The van der Waals surface area contributed by atoms with Gasteiger partial charge in [0.1, 0.15) is 5.15 Å². The standard InChI is InChI=1S/C13H15ClN2O3/c1-8(9-2-3-9)16-12(17)7-19-13(18)10-4-5-11(14)15-6-10/h4-6,8-9H,2-3,7H2,1H3,(H,16,17)/t8-/m1/s1. The summed E-state index contributed by atoms with van der Waals surface area (Å²) in [6.07, 6.45) is 3.62. The smallest absolute Gasteiger partial charge is 0.340 e. The maximum Gasteiger partial charge on any atom is 0.340 e. The number of rotatable bonds is 5. The molecule has 102 valence electrons. The number of esters is 1. The lowest BCUT2D eigenvalue weighted by Gasteiger charge is -2.12. The highest BCUT2D eigenvalue weighted by Gasteiger charge is 2.28. The molecule has 0 radical (unpaired) electrons. The van der Waals surface area contributed by atoms with Crippen molar-refractivity contribution in [2.45, 2.75) is 25.8 Å². The highest BCUT2D eigenvalue weighted by molar-refractivity contribution is 6.29. The quantitative estimate of drug-likeness (QED) is 0.660. The Morgan fingerprint density at radius 3 is 2.84 bits per heavy atom. The van der Waals surface area contributed by atoms with E-state index in [4.69, 9.17) is 16.3 Å². The Morgan fingerprint density at radius 1 is 1.53 bits per heavy atom. The molecule has 0 aliphatic heterocycles. The van der Waals surface area contributed by atoms with Crippen molar-refractivity contribution in [3.8, 4) is 0 Å². The first-order valence-electron chi connectivity index (χ1n) is 6.14. The van der Waals surface area contributed by atoms with Gasteiger partial charge < -0.3 is 10.1 Å². The summed E-state index contributed by atoms with van der Waals surface area (Å²) in [5, 5.41) is 3.10. The van der Waals surface area contributed by atoms with Gasteiger partial charge in [0, 0.05) is 12.2 Å². The summed E-state index contributed by atoms with van der Waals surface area (Å²) >= 11 is 5.61. The summed E-state index contributed by atoms with van der Waals surface area (Å²) in [7, 11) is 0. The Balaban J connectivity index is 1.76. The van der Waals surface area contributed by atoms with Crippen molar-refractivity contribution in [3.63, 3.8) is 0 Å². The molecule has 6 heteroatoms. The van der Waals surface area contributed by atoms with E-state index in [-0.39, 0.29) is 24.1 Å². The Morgan fingerprint density at radius 2 is 2.26 bits per heavy atom. The van der Waals surface area contributed by atoms with Crippen LogP contribution in [-0.4, -0.2) is 29.5 Å². The minimum absolute atomic E-state index is 0.142. The van der Waals surface area contributed by atoms with E-state index in [1.165, 1.54) is 18.3 Å². The number of halogens is 1. The third-order valence-corrected chi connectivity index (χ3v) is 3.24. The van der Waals surface area contributed by atoms with Gasteiger partial charge in [-0.05, 0) is 37.8 Å². The van der Waals surface area contributed by atoms with Gasteiger partial charge in [0.15, 0.2) is 6.61 Å². The molecule has 1 fully saturated rings. The van der Waals surface area contributed by atoms with Crippen molar-refractivity contribution in [2.75, 3.05) is 6.61 Å². The Hall–Kier alpha value is -1.62. The lowest BCUT2D eigenvalue weighted by atomic mass is 10.2. The van der Waals surface area contributed by atoms with Crippen molar-refractivity contribution in [1.29, 1.82) is 0 Å². The van der Waals surface area contributed by atoms with Crippen LogP contribution < -0.4 is 5.32 Å². The Bertz CT molecular complexity index is 471. The second kappa shape index (κ2) is 6.02. The first-order valence-corrected chi connectivity index (χ1v) is 6.52. The number of ether oxygens (including phenoxy) is 1. The van der Waals surface area contributed by atoms with Gasteiger partial charge in [0.05, 0.1) is 5.56 Å². The summed E-state index contributed by atoms with van der Waals surface area (Å²) in [6.45, 7) is 1.68. The van der Waals surface area contributed by atoms with Crippen molar-refractivity contribution in [3.05, 3.63) is 29.0 Å². The van der Waals surface area contributed by atoms with Crippen LogP contribution in [0, 0.1) is 5.92 Å². The molecule has 1 aromatic heterocycles. The number of nitrogens with one attached hydrogen (secondary N) is 1. The SMILES string of the molecule is C[C@@H](NC(=O)COC(=O)c1ccc(Cl)nc1)C1CC1. The molecule has 1 saturated carbocycles. The van der Waals surface area contributed by atoms with Crippen molar-refractivity contribution < 1.29 is 14.3 Å². The van der Waals surface area contributed by atoms with Crippen LogP contribution in [0.4, 0.5) is 0 Å². The molecular formula is C13H15ClN2O3. The number of carbonyl (C=O) groups excluding carboxylic acids is 2. The summed E-state index contributed by atoms with van der Waals surface area (Å²) in [6, 6.07) is 3.14. The lowest BCUT2D eigenvalue weighted by Crippen LogP contribution is -2.37. The fourth-order valence-corrected chi connectivity index (χ4v) is 1.83. The fraction of sp³-hybridized carbons (Fsp3) is 0.462. The van der Waals surface area contributed by atoms with Crippen LogP contribution in [0.5, 0.6) is 0 Å². The summed E-state index contributed by atoms with van der Waals surface area (Å²) in [4.78, 5) is 26.9. The first-order chi connectivity index (χ1) is 9.06. The van der Waals surface area contributed by atoms with Crippen LogP contribution >= 0.6 is 11.6 Å². The zero-order valence-electron chi connectivity index (χ0n) is 10.6. The van der Waals surface area contributed by atoms with E-state index in [1.807, 2.05) is 6.92 Å². The average Bonchev–Trinajstić information content (AvgIpc) is 3.21. The van der Waals surface area contributed by atoms with E-state index in [0.29, 0.717) is 11.1 Å². The van der Waals surface area contributed by atoms with Crippen LogP contribution in [0.25, 0.3) is 0 Å². The van der Waals surface area contributed by atoms with Gasteiger partial charge in [-0.2, -0.15) is 0 Å². The van der Waals surface area contributed by atoms with Crippen LogP contribution in [0.1, 0.15) is 30.1 Å². The molecule has 1 aliphatic rings. The minimum Gasteiger partial charge on any atom is -0.452 e. The molecule has 1 atom stereocenters. The molecule has 1 aliphatic carbocycles. The zero-order valence-corrected chi connectivity index (χ0v) is 11.3. The highest BCUT2D eigenvalue weighted by Crippen LogP contribution is 2.32. The number of carbonyl (C=O) groups is 2. The monoisotopic (exact) mass is 282 g/mol. The molecule has 0 saturated heterocycles. The van der Waals surface area contributed by atoms with Gasteiger partial charge in [0.2, 0.25) is 0 Å². The molecule has 1 N–H and O–H groups in total. The molecule has 0 aromatic carbocycles. The zero-order chi connectivity index (χ0) is 13.8. The number of pyridine rings is 1. The molecule has 19 heavy (non-hydrogen) atoms. The lowest BCUT2D eigenvalue weighted by molar-refractivity contribution is -0.124. The van der Waals surface area contributed by atoms with E-state index in [1.54, 1.807) is 0 Å². The second-order valence-corrected chi connectivity index (χ2v) is 5.03. The van der Waals surface area contributed by atoms with E-state index < -0.39 is 5.97 Å². The van der Waals surface area contributed by atoms with Gasteiger partial charge in [0.25, 0.3) is 5.91 Å². The van der Waals surface area contributed by atoms with Crippen LogP contribution in [-0.2, 0) is 9.53 Å². The third kappa shape index (κ3) is 4.21. The number of nitrogens with zero attached hydrogens (tertiary/aromatic N) is 1. The van der Waals surface area contributed by atoms with Gasteiger partial charge >= 0.3 is 5.97 Å². The van der Waals surface area contributed by atoms with Crippen LogP contribution in [0.15, 0.2) is 18.3 Å². The predicted molar refractivity (Wildman–Crippen MR) is 69.9 cm³/mol. The summed E-state index contributed by atoms with van der Waals surface area (Å²) < 4.78 is 4.90. The molecule has 1 aromatic rings.